The summed E-state index contributed by atoms with van der Waals surface area (Å²) in [5.41, 5.74) is 0. The molecule has 27 heteroatoms. The summed E-state index contributed by atoms with van der Waals surface area (Å²) in [4.78, 5) is 88.7. The van der Waals surface area contributed by atoms with Crippen molar-refractivity contribution in [3.8, 4) is 0 Å². The van der Waals surface area contributed by atoms with Crippen molar-refractivity contribution < 1.29 is 28.8 Å². The van der Waals surface area contributed by atoms with E-state index in [1.54, 1.807) is 61.1 Å². The number of fused-ring (bicyclic) bond motifs is 2. The van der Waals surface area contributed by atoms with Gasteiger partial charge in [0, 0.05) is 92.4 Å². The van der Waals surface area contributed by atoms with E-state index in [1.165, 1.54) is 43.7 Å². The molecule has 432 valence electrons. The molecule has 0 N–H and O–H groups in total. The summed E-state index contributed by atoms with van der Waals surface area (Å²) in [5.74, 6) is 2.37. The Hall–Kier alpha value is -4.12. The van der Waals surface area contributed by atoms with Crippen molar-refractivity contribution in [3.63, 3.8) is 0 Å². The first kappa shape index (κ1) is 78.4. The van der Waals surface area contributed by atoms with Gasteiger partial charge in [-0.15, -0.1) is 33.7 Å². The van der Waals surface area contributed by atoms with E-state index in [2.05, 4.69) is 28.1 Å². The van der Waals surface area contributed by atoms with Crippen LogP contribution < -0.4 is 0 Å². The van der Waals surface area contributed by atoms with Gasteiger partial charge in [0.2, 0.25) is 17.7 Å². The molecular weight excluding hydrogens is 1120 g/mol. The number of rotatable bonds is 4. The van der Waals surface area contributed by atoms with E-state index in [0.29, 0.717) is 35.7 Å². The van der Waals surface area contributed by atoms with Gasteiger partial charge in [0.25, 0.3) is 5.91 Å². The molecule has 6 saturated heterocycles. The smallest absolute Gasteiger partial charge is 0.326 e. The zero-order valence-electron chi connectivity index (χ0n) is 41.5. The van der Waals surface area contributed by atoms with Crippen LogP contribution in [0.3, 0.4) is 0 Å². The average Bonchev–Trinajstić information content (AvgIpc) is 4.25. The first-order chi connectivity index (χ1) is 32.9. The summed E-state index contributed by atoms with van der Waals surface area (Å²) in [6.07, 6.45) is 9.02. The molecule has 9 heterocycles. The number of aryl methyl sites for hydroxylation is 1. The fourth-order valence-corrected chi connectivity index (χ4v) is 11.2. The van der Waals surface area contributed by atoms with Crippen LogP contribution in [0.1, 0.15) is 85.1 Å². The van der Waals surface area contributed by atoms with Crippen LogP contribution in [0.25, 0.3) is 0 Å². The predicted molar refractivity (Wildman–Crippen MR) is 341 cm³/mol. The van der Waals surface area contributed by atoms with Crippen molar-refractivity contribution >= 4 is 163 Å². The normalized spacial score (nSPS) is 19.8. The van der Waals surface area contributed by atoms with Crippen LogP contribution in [0.5, 0.6) is 0 Å². The lowest BCUT2D eigenvalue weighted by atomic mass is 10.0. The van der Waals surface area contributed by atoms with Gasteiger partial charge in [-0.3, -0.25) is 38.8 Å². The summed E-state index contributed by atoms with van der Waals surface area (Å²) < 4.78 is 1.78. The molecule has 1 aromatic heterocycles. The largest absolute Gasteiger partial charge is 0.342 e. The lowest BCUT2D eigenvalue weighted by Crippen LogP contribution is -2.39. The molecule has 8 amide bonds. The molecule has 0 aromatic carbocycles. The number of carbonyl (C=O) groups excluding carboxylic acids is 6. The van der Waals surface area contributed by atoms with Crippen molar-refractivity contribution in [2.24, 2.45) is 18.9 Å². The quantitative estimate of drug-likeness (QED) is 0.162. The van der Waals surface area contributed by atoms with Gasteiger partial charge in [-0.05, 0) is 87.5 Å². The fourth-order valence-electron chi connectivity index (χ4n) is 6.84. The van der Waals surface area contributed by atoms with Gasteiger partial charge in [-0.2, -0.15) is 0 Å². The molecule has 19 nitrogen and oxygen atoms in total. The minimum Gasteiger partial charge on any atom is -0.342 e. The summed E-state index contributed by atoms with van der Waals surface area (Å²) in [5, 5.41) is 8.57. The third-order valence-corrected chi connectivity index (χ3v) is 16.8. The van der Waals surface area contributed by atoms with Crippen LogP contribution in [-0.2, 0) is 26.2 Å². The Morgan fingerprint density at radius 3 is 1.21 bits per heavy atom. The van der Waals surface area contributed by atoms with Gasteiger partial charge in [-0.25, -0.2) is 9.59 Å². The van der Waals surface area contributed by atoms with Crippen LogP contribution in [0.4, 0.5) is 9.59 Å². The second-order valence-electron chi connectivity index (χ2n) is 16.1. The Kier molecular flexibility index (Phi) is 38.0. The minimum absolute atomic E-state index is 0. The number of imide groups is 2. The lowest BCUT2D eigenvalue weighted by Gasteiger charge is -2.28. The maximum absolute atomic E-state index is 11.5. The topological polar surface area (TPSA) is 166 Å². The highest BCUT2D eigenvalue weighted by Gasteiger charge is 2.37. The zero-order valence-corrected chi connectivity index (χ0v) is 48.0. The molecule has 2 atom stereocenters. The van der Waals surface area contributed by atoms with Crippen LogP contribution >= 0.6 is 96.8 Å². The molecule has 9 rings (SSSR count). The van der Waals surface area contributed by atoms with Crippen LogP contribution in [0.2, 0.25) is 0 Å². The highest BCUT2D eigenvalue weighted by atomic mass is 32.2. The Morgan fingerprint density at radius 1 is 0.487 bits per heavy atom. The molecular formula is C49H87N13O6S8. The summed E-state index contributed by atoms with van der Waals surface area (Å²) in [6.45, 7) is 13.1. The number of amides is 8. The van der Waals surface area contributed by atoms with E-state index in [1.807, 2.05) is 68.4 Å². The van der Waals surface area contributed by atoms with E-state index in [0.717, 1.165) is 68.2 Å². The molecule has 0 spiro atoms. The van der Waals surface area contributed by atoms with E-state index >= 15 is 0 Å². The van der Waals surface area contributed by atoms with Gasteiger partial charge in [0.15, 0.2) is 10.2 Å². The molecule has 8 aliphatic heterocycles. The van der Waals surface area contributed by atoms with Crippen LogP contribution in [0.15, 0.2) is 34.6 Å². The minimum atomic E-state index is -0.187. The van der Waals surface area contributed by atoms with Gasteiger partial charge < -0.3 is 34.0 Å². The fraction of sp³-hybridized carbons (Fsp3) is 0.633. The third-order valence-electron chi connectivity index (χ3n) is 11.6. The molecule has 1 aromatic rings. The molecule has 8 aliphatic rings. The molecule has 0 radical (unpaired) electrons. The number of nitrogens with zero attached hydrogens (tertiary/aromatic N) is 13. The molecule has 2 unspecified atom stereocenters. The Morgan fingerprint density at radius 2 is 0.882 bits per heavy atom. The number of hydrogen-bond donors (Lipinski definition) is 0. The van der Waals surface area contributed by atoms with Crippen molar-refractivity contribution in [1.29, 1.82) is 0 Å². The number of likely N-dealkylation sites (N-methyl/N-ethyl adjacent to an activating group) is 10. The maximum atomic E-state index is 11.5. The molecule has 6 fully saturated rings. The first-order valence-corrected chi connectivity index (χ1v) is 26.7. The number of hydrogen-bond acceptors (Lipinski definition) is 16. The number of aromatic nitrogens is 3. The predicted octanol–water partition coefficient (Wildman–Crippen LogP) is 8.01. The maximum Gasteiger partial charge on any atom is 0.326 e. The SMILES string of the molecule is C.C.C.C.C.C.CCN1CC(=O)N(C)C1=O.CCN1CC(=O)N(C)C1=S.CCN1CC(=S)N(C)C1=O.CCN1CC(=S)N(C)C1=S.CN1C(=O)C=C2SCCC2C1=O.CN1C(=S)C=C2SCCC2C1=S.Cn1cnnc1. The van der Waals surface area contributed by atoms with E-state index in [9.17, 15) is 28.8 Å². The zero-order chi connectivity index (χ0) is 52.7. The summed E-state index contributed by atoms with van der Waals surface area (Å²) in [6, 6.07) is -0.167. The second kappa shape index (κ2) is 36.9. The van der Waals surface area contributed by atoms with E-state index in [4.69, 9.17) is 73.3 Å². The molecule has 0 saturated carbocycles. The standard InChI is InChI=1S/C8H9NO2S.C8H9NS3.C6H10N2O2.2C6H10N2OS.C6H10N2S2.C3H5N3.6CH4/c2*1-9-7(10)4-6-5(8(9)11)2-3-12-6;1-3-8-4-5(9)7(2)6(8)10;1-3-8-4-5(10)7(2)6(8)9;2*1-3-8-4-5(9)7(2)6(8)10;1-6-2-4-5-3-6;;;;;;/h2*4-5H,2-3H2,1H3;4*3-4H2,1-2H3;2-3H,1H3;6*1H4. The highest BCUT2D eigenvalue weighted by Crippen LogP contribution is 2.40. The van der Waals surface area contributed by atoms with Crippen LogP contribution in [-0.4, -0.2) is 236 Å². The molecule has 0 bridgehead atoms. The van der Waals surface area contributed by atoms with Gasteiger partial charge >= 0.3 is 12.1 Å². The molecule has 0 aliphatic carbocycles. The Labute approximate surface area is 496 Å². The summed E-state index contributed by atoms with van der Waals surface area (Å²) >= 11 is 34.1. The van der Waals surface area contributed by atoms with Crippen molar-refractivity contribution in [2.75, 3.05) is 106 Å². The monoisotopic (exact) mass is 1210 g/mol. The third kappa shape index (κ3) is 20.6. The average molecular weight is 1210 g/mol. The Balaban J connectivity index is -0.000000395. The van der Waals surface area contributed by atoms with E-state index in [-0.39, 0.29) is 92.7 Å². The van der Waals surface area contributed by atoms with Crippen molar-refractivity contribution in [3.05, 3.63) is 34.6 Å². The van der Waals surface area contributed by atoms with Gasteiger partial charge in [0.05, 0.1) is 30.5 Å². The molecule has 76 heavy (non-hydrogen) atoms. The number of thioether (sulfide) groups is 2. The number of urea groups is 2. The van der Waals surface area contributed by atoms with Crippen LogP contribution in [0, 0.1) is 11.8 Å². The highest BCUT2D eigenvalue weighted by molar-refractivity contribution is 8.03. The van der Waals surface area contributed by atoms with Crippen molar-refractivity contribution in [1.82, 2.24) is 63.8 Å². The van der Waals surface area contributed by atoms with Gasteiger partial charge in [0.1, 0.15) is 34.2 Å². The second-order valence-corrected chi connectivity index (χ2v) is 20.9. The first-order valence-electron chi connectivity index (χ1n) is 22.3. The van der Waals surface area contributed by atoms with Gasteiger partial charge in [-0.1, -0.05) is 93.4 Å². The lowest BCUT2D eigenvalue weighted by molar-refractivity contribution is -0.143. The van der Waals surface area contributed by atoms with E-state index < -0.39 is 0 Å². The number of thiocarbonyl (C=S) groups is 6. The summed E-state index contributed by atoms with van der Waals surface area (Å²) in [7, 11) is 12.2. The van der Waals surface area contributed by atoms with Crippen molar-refractivity contribution in [2.45, 2.75) is 85.1 Å². The Bertz CT molecular complexity index is 2050. The number of carbonyl (C=O) groups is 6.